The molecule has 2 unspecified atom stereocenters. The molecule has 0 bridgehead atoms. The van der Waals surface area contributed by atoms with Gasteiger partial charge in [0.15, 0.2) is 5.78 Å². The predicted octanol–water partition coefficient (Wildman–Crippen LogP) is 2.86. The number of nitrogens with zero attached hydrogens (tertiary/aromatic N) is 1. The number of ketones is 1. The monoisotopic (exact) mass is 349 g/mol. The Morgan fingerprint density at radius 1 is 1.29 bits per heavy atom. The fourth-order valence-corrected chi connectivity index (χ4v) is 3.50. The number of hydrogen-bond donors (Lipinski definition) is 2. The molecule has 0 amide bonds. The molecule has 4 nitrogen and oxygen atoms in total. The zero-order chi connectivity index (χ0) is 17.3. The van der Waals surface area contributed by atoms with Gasteiger partial charge in [0.2, 0.25) is 0 Å². The van der Waals surface area contributed by atoms with Crippen molar-refractivity contribution in [2.24, 2.45) is 5.92 Å². The first-order chi connectivity index (χ1) is 11.5. The molecule has 128 valence electrons. The van der Waals surface area contributed by atoms with E-state index in [9.17, 15) is 14.0 Å². The van der Waals surface area contributed by atoms with Gasteiger partial charge < -0.3 is 5.11 Å². The molecule has 1 N–H and O–H groups in total. The predicted molar refractivity (Wildman–Crippen MR) is 91.6 cm³/mol. The molecule has 1 aliphatic carbocycles. The summed E-state index contributed by atoms with van der Waals surface area (Å²) >= 11 is 4.44. The quantitative estimate of drug-likeness (QED) is 0.634. The molecule has 0 spiro atoms. The van der Waals surface area contributed by atoms with E-state index in [0.717, 1.165) is 18.9 Å². The van der Waals surface area contributed by atoms with E-state index in [2.05, 4.69) is 12.6 Å². The highest BCUT2D eigenvalue weighted by Crippen LogP contribution is 2.39. The van der Waals surface area contributed by atoms with Crippen molar-refractivity contribution >= 4 is 24.4 Å². The van der Waals surface area contributed by atoms with Crippen LogP contribution in [-0.2, 0) is 9.59 Å². The lowest BCUT2D eigenvalue weighted by Crippen LogP contribution is -2.42. The van der Waals surface area contributed by atoms with E-state index in [1.54, 1.807) is 18.2 Å². The first-order valence-corrected chi connectivity index (χ1v) is 8.62. The fraction of sp³-hybridized carbons (Fsp3) is 0.444. The van der Waals surface area contributed by atoms with Crippen LogP contribution in [0.15, 0.2) is 35.9 Å². The normalized spacial score (nSPS) is 24.8. The molecule has 6 heteroatoms. The number of carboxylic acid groups (broad SMARTS) is 1. The van der Waals surface area contributed by atoms with Crippen molar-refractivity contribution < 1.29 is 19.1 Å². The topological polar surface area (TPSA) is 57.6 Å². The summed E-state index contributed by atoms with van der Waals surface area (Å²) in [6.45, 7) is 0.903. The Morgan fingerprint density at radius 3 is 2.62 bits per heavy atom. The molecule has 1 aromatic carbocycles. The van der Waals surface area contributed by atoms with Crippen LogP contribution in [0.1, 0.15) is 30.9 Å². The van der Waals surface area contributed by atoms with Crippen LogP contribution in [0.3, 0.4) is 0 Å². The summed E-state index contributed by atoms with van der Waals surface area (Å²) in [6, 6.07) is 5.69. The Morgan fingerprint density at radius 2 is 2.00 bits per heavy atom. The number of aliphatic carboxylic acids is 1. The van der Waals surface area contributed by atoms with Crippen molar-refractivity contribution in [3.05, 3.63) is 47.3 Å². The van der Waals surface area contributed by atoms with Crippen molar-refractivity contribution in [1.29, 1.82) is 0 Å². The third kappa shape index (κ3) is 3.70. The number of likely N-dealkylation sites (tertiary alicyclic amines) is 1. The Kier molecular flexibility index (Phi) is 5.06. The number of carbonyl (C=O) groups is 2. The first-order valence-electron chi connectivity index (χ1n) is 8.11. The van der Waals surface area contributed by atoms with E-state index in [1.165, 1.54) is 6.07 Å². The smallest absolute Gasteiger partial charge is 0.328 e. The molecule has 1 heterocycles. The van der Waals surface area contributed by atoms with Crippen LogP contribution in [0, 0.1) is 11.7 Å². The van der Waals surface area contributed by atoms with E-state index in [0.29, 0.717) is 30.6 Å². The summed E-state index contributed by atoms with van der Waals surface area (Å²) in [4.78, 5) is 25.7. The third-order valence-corrected chi connectivity index (χ3v) is 5.22. The van der Waals surface area contributed by atoms with Crippen molar-refractivity contribution in [1.82, 2.24) is 4.90 Å². The van der Waals surface area contributed by atoms with Crippen molar-refractivity contribution in [2.45, 2.75) is 30.6 Å². The molecule has 2 aliphatic rings. The summed E-state index contributed by atoms with van der Waals surface area (Å²) in [5.41, 5.74) is 1.03. The molecular weight excluding hydrogens is 329 g/mol. The Balaban J connectivity index is 1.92. The summed E-state index contributed by atoms with van der Waals surface area (Å²) in [7, 11) is 0. The molecule has 1 aromatic rings. The lowest BCUT2D eigenvalue weighted by Gasteiger charge is -2.37. The van der Waals surface area contributed by atoms with Crippen LogP contribution in [0.4, 0.5) is 4.39 Å². The highest BCUT2D eigenvalue weighted by molar-refractivity contribution is 7.81. The van der Waals surface area contributed by atoms with Gasteiger partial charge in [-0.15, -0.1) is 0 Å². The van der Waals surface area contributed by atoms with E-state index in [1.807, 2.05) is 4.90 Å². The molecule has 1 saturated heterocycles. The van der Waals surface area contributed by atoms with E-state index < -0.39 is 17.8 Å². The maximum Gasteiger partial charge on any atom is 0.328 e. The lowest BCUT2D eigenvalue weighted by molar-refractivity contribution is -0.131. The zero-order valence-electron chi connectivity index (χ0n) is 13.2. The Hall–Kier alpha value is -1.66. The van der Waals surface area contributed by atoms with Gasteiger partial charge in [-0.1, -0.05) is 18.2 Å². The summed E-state index contributed by atoms with van der Waals surface area (Å²) in [5.74, 6) is -1.39. The number of Topliss-reactive ketones (excluding diaryl/α,β-unsaturated/α-hetero) is 1. The van der Waals surface area contributed by atoms with Gasteiger partial charge in [-0.2, -0.15) is 12.6 Å². The highest BCUT2D eigenvalue weighted by atomic mass is 32.1. The Bertz CT molecular complexity index is 687. The third-order valence-electron chi connectivity index (χ3n) is 4.63. The number of rotatable bonds is 5. The van der Waals surface area contributed by atoms with Gasteiger partial charge in [0.1, 0.15) is 5.82 Å². The molecule has 3 rings (SSSR count). The number of carboxylic acids is 1. The minimum atomic E-state index is -1.03. The number of carbonyl (C=O) groups excluding carboxylic acids is 1. The summed E-state index contributed by atoms with van der Waals surface area (Å²) in [5, 5.41) is 8.88. The minimum absolute atomic E-state index is 0.00441. The Labute approximate surface area is 145 Å². The molecule has 0 radical (unpaired) electrons. The van der Waals surface area contributed by atoms with E-state index >= 15 is 0 Å². The van der Waals surface area contributed by atoms with Crippen molar-refractivity contribution in [2.75, 3.05) is 13.1 Å². The molecule has 24 heavy (non-hydrogen) atoms. The van der Waals surface area contributed by atoms with Crippen molar-refractivity contribution in [3.8, 4) is 0 Å². The van der Waals surface area contributed by atoms with Gasteiger partial charge in [0.05, 0.1) is 6.04 Å². The molecule has 1 saturated carbocycles. The maximum absolute atomic E-state index is 14.3. The first kappa shape index (κ1) is 17.2. The van der Waals surface area contributed by atoms with Gasteiger partial charge in [-0.3, -0.25) is 9.69 Å². The van der Waals surface area contributed by atoms with E-state index in [-0.39, 0.29) is 17.0 Å². The van der Waals surface area contributed by atoms with Gasteiger partial charge >= 0.3 is 5.97 Å². The standard InChI is InChI=1S/C18H20FNO3S/c19-14-4-2-1-3-13(14)17(18(23)11-5-6-11)20-8-7-15(24)12(10-20)9-16(21)22/h1-4,9,11,15,17,24H,5-8,10H2,(H,21,22)/b12-9+. The second kappa shape index (κ2) is 7.07. The largest absolute Gasteiger partial charge is 0.478 e. The van der Waals surface area contributed by atoms with Crippen LogP contribution in [0.2, 0.25) is 0 Å². The minimum Gasteiger partial charge on any atom is -0.478 e. The average Bonchev–Trinajstić information content (AvgIpc) is 3.36. The molecule has 2 fully saturated rings. The van der Waals surface area contributed by atoms with Crippen LogP contribution in [-0.4, -0.2) is 40.1 Å². The SMILES string of the molecule is O=C(O)/C=C1\CN(C(C(=O)C2CC2)c2ccccc2F)CCC1S. The van der Waals surface area contributed by atoms with Crippen LogP contribution in [0.25, 0.3) is 0 Å². The number of thiol groups is 1. The lowest BCUT2D eigenvalue weighted by atomic mass is 9.93. The number of benzene rings is 1. The van der Waals surface area contributed by atoms with Crippen molar-refractivity contribution in [3.63, 3.8) is 0 Å². The van der Waals surface area contributed by atoms with Gasteiger partial charge in [-0.05, 0) is 30.9 Å². The molecule has 0 aromatic heterocycles. The van der Waals surface area contributed by atoms with Gasteiger partial charge in [-0.25, -0.2) is 9.18 Å². The average molecular weight is 349 g/mol. The summed E-state index contributed by atoms with van der Waals surface area (Å²) < 4.78 is 14.3. The summed E-state index contributed by atoms with van der Waals surface area (Å²) in [6.07, 6.45) is 3.49. The van der Waals surface area contributed by atoms with Crippen LogP contribution >= 0.6 is 12.6 Å². The highest BCUT2D eigenvalue weighted by Gasteiger charge is 2.40. The molecule has 1 aliphatic heterocycles. The maximum atomic E-state index is 14.3. The zero-order valence-corrected chi connectivity index (χ0v) is 14.1. The fourth-order valence-electron chi connectivity index (χ4n) is 3.23. The number of piperidine rings is 1. The molecular formula is C18H20FNO3S. The second-order valence-electron chi connectivity index (χ2n) is 6.43. The van der Waals surface area contributed by atoms with Gasteiger partial charge in [0.25, 0.3) is 0 Å². The van der Waals surface area contributed by atoms with Crippen LogP contribution in [0.5, 0.6) is 0 Å². The molecule has 2 atom stereocenters. The second-order valence-corrected chi connectivity index (χ2v) is 7.06. The van der Waals surface area contributed by atoms with Crippen LogP contribution < -0.4 is 0 Å². The number of hydrogen-bond acceptors (Lipinski definition) is 4. The number of halogens is 1. The van der Waals surface area contributed by atoms with Gasteiger partial charge in [0, 0.05) is 35.9 Å². The van der Waals surface area contributed by atoms with E-state index in [4.69, 9.17) is 5.11 Å².